The van der Waals surface area contributed by atoms with E-state index in [2.05, 4.69) is 4.98 Å². The van der Waals surface area contributed by atoms with E-state index in [1.807, 2.05) is 0 Å². The van der Waals surface area contributed by atoms with Gasteiger partial charge in [0.15, 0.2) is 0 Å². The third kappa shape index (κ3) is 2.68. The van der Waals surface area contributed by atoms with Crippen molar-refractivity contribution in [3.8, 4) is 5.88 Å². The minimum atomic E-state index is -0.694. The lowest BCUT2D eigenvalue weighted by molar-refractivity contribution is 0.0613. The largest absolute Gasteiger partial charge is 0.481 e. The minimum absolute atomic E-state index is 0.236. The molecule has 0 aliphatic carbocycles. The molecule has 72 valence electrons. The molecule has 0 saturated carbocycles. The van der Waals surface area contributed by atoms with E-state index < -0.39 is 6.10 Å². The van der Waals surface area contributed by atoms with Crippen LogP contribution < -0.4 is 4.74 Å². The summed E-state index contributed by atoms with van der Waals surface area (Å²) in [5.74, 6) is 0.493. The molecule has 0 aliphatic heterocycles. The van der Waals surface area contributed by atoms with E-state index in [1.165, 1.54) is 14.2 Å². The number of aromatic nitrogens is 1. The van der Waals surface area contributed by atoms with Crippen molar-refractivity contribution in [3.63, 3.8) is 0 Å². The Kier molecular flexibility index (Phi) is 3.67. The molecule has 0 bridgehead atoms. The van der Waals surface area contributed by atoms with Gasteiger partial charge in [-0.25, -0.2) is 4.98 Å². The van der Waals surface area contributed by atoms with Crippen molar-refractivity contribution in [2.45, 2.75) is 6.10 Å². The zero-order valence-corrected chi connectivity index (χ0v) is 7.73. The lowest BCUT2D eigenvalue weighted by atomic mass is 10.2. The van der Waals surface area contributed by atoms with Crippen molar-refractivity contribution in [2.24, 2.45) is 0 Å². The molecule has 1 aromatic heterocycles. The summed E-state index contributed by atoms with van der Waals surface area (Å²) >= 11 is 0. The number of ether oxygens (including phenoxy) is 2. The topological polar surface area (TPSA) is 51.6 Å². The molecular formula is C9H13NO3. The molecule has 0 amide bonds. The van der Waals surface area contributed by atoms with Gasteiger partial charge in [0.2, 0.25) is 5.88 Å². The number of nitrogens with zero attached hydrogens (tertiary/aromatic N) is 1. The maximum Gasteiger partial charge on any atom is 0.213 e. The molecule has 0 fully saturated rings. The number of hydrogen-bond donors (Lipinski definition) is 1. The predicted molar refractivity (Wildman–Crippen MR) is 47.6 cm³/mol. The second-order valence-electron chi connectivity index (χ2n) is 2.58. The van der Waals surface area contributed by atoms with Crippen molar-refractivity contribution < 1.29 is 14.6 Å². The van der Waals surface area contributed by atoms with E-state index in [4.69, 9.17) is 9.47 Å². The van der Waals surface area contributed by atoms with Crippen LogP contribution in [-0.4, -0.2) is 30.9 Å². The van der Waals surface area contributed by atoms with Crippen LogP contribution in [0.25, 0.3) is 0 Å². The molecule has 4 heteroatoms. The van der Waals surface area contributed by atoms with Crippen LogP contribution in [0.4, 0.5) is 0 Å². The molecule has 4 nitrogen and oxygen atoms in total. The fourth-order valence-corrected chi connectivity index (χ4v) is 0.973. The Morgan fingerprint density at radius 3 is 2.85 bits per heavy atom. The standard InChI is InChI=1S/C9H13NO3/c1-12-6-8(11)7-4-3-5-9(10-7)13-2/h3-5,8,11H,6H2,1-2H3. The van der Waals surface area contributed by atoms with Crippen LogP contribution in [0.1, 0.15) is 11.8 Å². The molecule has 0 spiro atoms. The summed E-state index contributed by atoms with van der Waals surface area (Å²) in [6.45, 7) is 0.236. The highest BCUT2D eigenvalue weighted by molar-refractivity contribution is 5.17. The molecule has 1 atom stereocenters. The zero-order chi connectivity index (χ0) is 9.68. The van der Waals surface area contributed by atoms with Gasteiger partial charge in [0.1, 0.15) is 6.10 Å². The summed E-state index contributed by atoms with van der Waals surface area (Å²) in [6.07, 6.45) is -0.694. The van der Waals surface area contributed by atoms with Gasteiger partial charge in [0.05, 0.1) is 19.4 Å². The normalized spacial score (nSPS) is 12.5. The summed E-state index contributed by atoms with van der Waals surface area (Å²) in [5.41, 5.74) is 0.557. The predicted octanol–water partition coefficient (Wildman–Crippen LogP) is 0.770. The van der Waals surface area contributed by atoms with Crippen molar-refractivity contribution >= 4 is 0 Å². The van der Waals surface area contributed by atoms with E-state index >= 15 is 0 Å². The number of aliphatic hydroxyl groups excluding tert-OH is 1. The summed E-state index contributed by atoms with van der Waals surface area (Å²) in [5, 5.41) is 9.50. The van der Waals surface area contributed by atoms with Crippen molar-refractivity contribution in [3.05, 3.63) is 23.9 Å². The Balaban J connectivity index is 2.75. The second kappa shape index (κ2) is 4.79. The Labute approximate surface area is 77.1 Å². The molecular weight excluding hydrogens is 170 g/mol. The van der Waals surface area contributed by atoms with E-state index in [9.17, 15) is 5.11 Å². The van der Waals surface area contributed by atoms with Crippen LogP contribution in [0.15, 0.2) is 18.2 Å². The van der Waals surface area contributed by atoms with Crippen molar-refractivity contribution in [1.82, 2.24) is 4.98 Å². The molecule has 1 aromatic rings. The Bertz CT molecular complexity index is 265. The van der Waals surface area contributed by atoms with E-state index in [1.54, 1.807) is 18.2 Å². The number of aliphatic hydroxyl groups is 1. The van der Waals surface area contributed by atoms with E-state index in [0.29, 0.717) is 11.6 Å². The summed E-state index contributed by atoms with van der Waals surface area (Å²) in [6, 6.07) is 5.23. The van der Waals surface area contributed by atoms with E-state index in [-0.39, 0.29) is 6.61 Å². The number of pyridine rings is 1. The monoisotopic (exact) mass is 183 g/mol. The maximum atomic E-state index is 9.50. The molecule has 0 aliphatic rings. The highest BCUT2D eigenvalue weighted by Crippen LogP contribution is 2.13. The van der Waals surface area contributed by atoms with Crippen molar-refractivity contribution in [1.29, 1.82) is 0 Å². The van der Waals surface area contributed by atoms with Gasteiger partial charge < -0.3 is 14.6 Å². The van der Waals surface area contributed by atoms with E-state index in [0.717, 1.165) is 0 Å². The SMILES string of the molecule is COCC(O)c1cccc(OC)n1. The lowest BCUT2D eigenvalue weighted by Gasteiger charge is -2.09. The molecule has 13 heavy (non-hydrogen) atoms. The van der Waals surface area contributed by atoms with Gasteiger partial charge in [-0.1, -0.05) is 6.07 Å². The van der Waals surface area contributed by atoms with Gasteiger partial charge in [-0.05, 0) is 6.07 Å². The van der Waals surface area contributed by atoms with Crippen LogP contribution in [0.2, 0.25) is 0 Å². The average molecular weight is 183 g/mol. The Morgan fingerprint density at radius 2 is 2.23 bits per heavy atom. The smallest absolute Gasteiger partial charge is 0.213 e. The summed E-state index contributed by atoms with van der Waals surface area (Å²) < 4.78 is 9.72. The van der Waals surface area contributed by atoms with Gasteiger partial charge in [0, 0.05) is 13.2 Å². The van der Waals surface area contributed by atoms with Gasteiger partial charge >= 0.3 is 0 Å². The quantitative estimate of drug-likeness (QED) is 0.749. The number of rotatable bonds is 4. The summed E-state index contributed by atoms with van der Waals surface area (Å²) in [4.78, 5) is 4.06. The zero-order valence-electron chi connectivity index (χ0n) is 7.73. The first kappa shape index (κ1) is 9.95. The number of methoxy groups -OCH3 is 2. The fourth-order valence-electron chi connectivity index (χ4n) is 0.973. The lowest BCUT2D eigenvalue weighted by Crippen LogP contribution is -2.07. The summed E-state index contributed by atoms with van der Waals surface area (Å²) in [7, 11) is 3.07. The highest BCUT2D eigenvalue weighted by Gasteiger charge is 2.08. The molecule has 0 radical (unpaired) electrons. The average Bonchev–Trinajstić information content (AvgIpc) is 2.18. The van der Waals surface area contributed by atoms with Gasteiger partial charge in [-0.15, -0.1) is 0 Å². The first-order chi connectivity index (χ1) is 6.27. The van der Waals surface area contributed by atoms with Crippen molar-refractivity contribution in [2.75, 3.05) is 20.8 Å². The van der Waals surface area contributed by atoms with Gasteiger partial charge in [-0.3, -0.25) is 0 Å². The number of hydrogen-bond acceptors (Lipinski definition) is 4. The second-order valence-corrected chi connectivity index (χ2v) is 2.58. The Hall–Kier alpha value is -1.13. The first-order valence-corrected chi connectivity index (χ1v) is 3.96. The first-order valence-electron chi connectivity index (χ1n) is 3.96. The van der Waals surface area contributed by atoms with Gasteiger partial charge in [0.25, 0.3) is 0 Å². The van der Waals surface area contributed by atoms with Crippen LogP contribution in [0.5, 0.6) is 5.88 Å². The highest BCUT2D eigenvalue weighted by atomic mass is 16.5. The molecule has 1 unspecified atom stereocenters. The molecule has 1 heterocycles. The van der Waals surface area contributed by atoms with Crippen LogP contribution in [0.3, 0.4) is 0 Å². The third-order valence-corrected chi connectivity index (χ3v) is 1.62. The van der Waals surface area contributed by atoms with Crippen LogP contribution in [0, 0.1) is 0 Å². The Morgan fingerprint density at radius 1 is 1.46 bits per heavy atom. The molecule has 1 N–H and O–H groups in total. The van der Waals surface area contributed by atoms with Crippen LogP contribution in [-0.2, 0) is 4.74 Å². The molecule has 1 rings (SSSR count). The maximum absolute atomic E-state index is 9.50. The minimum Gasteiger partial charge on any atom is -0.481 e. The van der Waals surface area contributed by atoms with Crippen LogP contribution >= 0.6 is 0 Å². The molecule has 0 saturated heterocycles. The van der Waals surface area contributed by atoms with Gasteiger partial charge in [-0.2, -0.15) is 0 Å². The fraction of sp³-hybridized carbons (Fsp3) is 0.444. The molecule has 0 aromatic carbocycles. The third-order valence-electron chi connectivity index (χ3n) is 1.62.